The van der Waals surface area contributed by atoms with Crippen LogP contribution in [-0.4, -0.2) is 16.9 Å². The molecule has 0 bridgehead atoms. The van der Waals surface area contributed by atoms with Gasteiger partial charge in [0.25, 0.3) is 0 Å². The second kappa shape index (κ2) is 9.68. The van der Waals surface area contributed by atoms with Crippen molar-refractivity contribution >= 4 is 40.5 Å². The van der Waals surface area contributed by atoms with Crippen LogP contribution in [0, 0.1) is 5.41 Å². The van der Waals surface area contributed by atoms with Gasteiger partial charge in [-0.1, -0.05) is 48.7 Å². The Labute approximate surface area is 215 Å². The van der Waals surface area contributed by atoms with Gasteiger partial charge in [-0.2, -0.15) is 0 Å². The first-order chi connectivity index (χ1) is 14.3. The van der Waals surface area contributed by atoms with Crippen molar-refractivity contribution in [2.24, 2.45) is 5.41 Å². The summed E-state index contributed by atoms with van der Waals surface area (Å²) >= 11 is 13.2. The Bertz CT molecular complexity index is 1090. The van der Waals surface area contributed by atoms with E-state index < -0.39 is 5.97 Å². The molecule has 0 radical (unpaired) electrons. The number of carboxylic acid groups (broad SMARTS) is 1. The summed E-state index contributed by atoms with van der Waals surface area (Å²) in [5.74, 6) is -0.379. The van der Waals surface area contributed by atoms with Gasteiger partial charge in [0, 0.05) is 17.4 Å². The molecule has 0 amide bonds. The maximum Gasteiger partial charge on any atom is 1.00 e. The summed E-state index contributed by atoms with van der Waals surface area (Å²) in [5.41, 5.74) is 3.81. The minimum absolute atomic E-state index is 0. The van der Waals surface area contributed by atoms with E-state index in [2.05, 4.69) is 6.92 Å². The van der Waals surface area contributed by atoms with Gasteiger partial charge >= 0.3 is 35.5 Å². The molecule has 1 N–H and O–H groups in total. The molecule has 4 nitrogen and oxygen atoms in total. The number of hydrogen-bond donors (Lipinski definition) is 1. The molecule has 0 saturated carbocycles. The van der Waals surface area contributed by atoms with E-state index in [1.807, 2.05) is 6.07 Å². The fraction of sp³-hybridized carbons (Fsp3) is 0.333. The fourth-order valence-corrected chi connectivity index (χ4v) is 5.26. The van der Waals surface area contributed by atoms with Crippen LogP contribution in [0.2, 0.25) is 10.0 Å². The molecule has 0 aromatic heterocycles. The molecule has 0 fully saturated rings. The molecular weight excluding hydrogens is 446 g/mol. The summed E-state index contributed by atoms with van der Waals surface area (Å²) in [6, 6.07) is 8.52. The van der Waals surface area contributed by atoms with Gasteiger partial charge in [-0.25, -0.2) is 4.79 Å². The van der Waals surface area contributed by atoms with Crippen LogP contribution in [0.5, 0.6) is 5.75 Å². The minimum atomic E-state index is -0.984. The van der Waals surface area contributed by atoms with Crippen molar-refractivity contribution in [1.29, 1.82) is 0 Å². The van der Waals surface area contributed by atoms with Gasteiger partial charge in [0.2, 0.25) is 0 Å². The SMILES string of the molecule is CCCC12CCC(=O)C=C1c1c(cc(OCc3cccc(C(=O)O)c3)c(Cl)c1Cl)C2.[H-].[Na+]. The van der Waals surface area contributed by atoms with E-state index in [9.17, 15) is 9.59 Å². The number of carbonyl (C=O) groups is 2. The topological polar surface area (TPSA) is 63.6 Å². The third-order valence-electron chi connectivity index (χ3n) is 6.08. The van der Waals surface area contributed by atoms with E-state index in [1.54, 1.807) is 24.3 Å². The standard InChI is InChI=1S/C24H22Cl2O4.Na.H/c1-2-7-24-8-6-17(27)11-18(24)20-16(12-24)10-19(21(25)22(20)26)30-13-14-4-3-5-15(9-14)23(28)29;;/h3-5,9-11H,2,6-8,12-13H2,1H3,(H,28,29);;/q;+1;-1. The Morgan fingerprint density at radius 2 is 2.03 bits per heavy atom. The third-order valence-corrected chi connectivity index (χ3v) is 6.93. The number of carboxylic acids is 1. The molecule has 0 spiro atoms. The average molecular weight is 469 g/mol. The molecule has 1 unspecified atom stereocenters. The predicted octanol–water partition coefficient (Wildman–Crippen LogP) is 3.48. The van der Waals surface area contributed by atoms with Gasteiger partial charge in [0.15, 0.2) is 5.78 Å². The maximum atomic E-state index is 12.1. The predicted molar refractivity (Wildman–Crippen MR) is 119 cm³/mol. The van der Waals surface area contributed by atoms with Crippen LogP contribution in [0.1, 0.15) is 61.1 Å². The van der Waals surface area contributed by atoms with Gasteiger partial charge in [-0.3, -0.25) is 4.79 Å². The molecule has 0 saturated heterocycles. The van der Waals surface area contributed by atoms with Gasteiger partial charge in [-0.05, 0) is 60.2 Å². The summed E-state index contributed by atoms with van der Waals surface area (Å²) in [6.07, 6.45) is 5.97. The number of ether oxygens (including phenoxy) is 1. The van der Waals surface area contributed by atoms with Crippen LogP contribution in [0.4, 0.5) is 0 Å². The molecule has 4 rings (SSSR count). The summed E-state index contributed by atoms with van der Waals surface area (Å²) in [6.45, 7) is 2.33. The number of aromatic carboxylic acids is 1. The molecule has 2 aliphatic rings. The zero-order valence-electron chi connectivity index (χ0n) is 18.6. The second-order valence-corrected chi connectivity index (χ2v) is 8.82. The number of allylic oxidation sites excluding steroid dienone is 2. The van der Waals surface area contributed by atoms with Gasteiger partial charge in [0.1, 0.15) is 17.4 Å². The molecular formula is C24H23Cl2NaO4. The van der Waals surface area contributed by atoms with Crippen LogP contribution < -0.4 is 34.3 Å². The molecule has 31 heavy (non-hydrogen) atoms. The maximum absolute atomic E-state index is 12.1. The van der Waals surface area contributed by atoms with E-state index in [1.165, 1.54) is 6.07 Å². The molecule has 1 atom stereocenters. The normalized spacial score (nSPS) is 19.2. The average Bonchev–Trinajstić information content (AvgIpc) is 3.03. The Balaban J connectivity index is 0.00000181. The van der Waals surface area contributed by atoms with Crippen LogP contribution >= 0.6 is 23.2 Å². The van der Waals surface area contributed by atoms with Crippen molar-refractivity contribution in [3.8, 4) is 5.75 Å². The Kier molecular flexibility index (Phi) is 7.60. The van der Waals surface area contributed by atoms with Crippen molar-refractivity contribution in [2.45, 2.75) is 45.6 Å². The van der Waals surface area contributed by atoms with Crippen LogP contribution in [-0.2, 0) is 17.8 Å². The first-order valence-corrected chi connectivity index (χ1v) is 10.8. The monoisotopic (exact) mass is 468 g/mol. The minimum Gasteiger partial charge on any atom is -1.00 e. The zero-order chi connectivity index (χ0) is 21.5. The number of fused-ring (bicyclic) bond motifs is 3. The number of ketones is 1. The second-order valence-electron chi connectivity index (χ2n) is 8.06. The van der Waals surface area contributed by atoms with E-state index in [0.717, 1.165) is 47.9 Å². The number of hydrogen-bond acceptors (Lipinski definition) is 3. The molecule has 0 aliphatic heterocycles. The number of carbonyl (C=O) groups excluding carboxylic acids is 1. The Morgan fingerprint density at radius 3 is 2.74 bits per heavy atom. The Morgan fingerprint density at radius 1 is 1.26 bits per heavy atom. The van der Waals surface area contributed by atoms with Crippen molar-refractivity contribution in [3.63, 3.8) is 0 Å². The third kappa shape index (κ3) is 4.60. The number of rotatable bonds is 6. The van der Waals surface area contributed by atoms with Gasteiger partial charge in [-0.15, -0.1) is 0 Å². The summed E-state index contributed by atoms with van der Waals surface area (Å²) in [7, 11) is 0. The molecule has 2 aromatic carbocycles. The van der Waals surface area contributed by atoms with Crippen LogP contribution in [0.15, 0.2) is 36.4 Å². The zero-order valence-corrected chi connectivity index (χ0v) is 21.1. The van der Waals surface area contributed by atoms with Crippen molar-refractivity contribution in [1.82, 2.24) is 0 Å². The first-order valence-electron chi connectivity index (χ1n) is 10.1. The molecule has 2 aliphatic carbocycles. The van der Waals surface area contributed by atoms with Gasteiger partial charge in [0.05, 0.1) is 10.6 Å². The van der Waals surface area contributed by atoms with Crippen molar-refractivity contribution in [2.75, 3.05) is 0 Å². The van der Waals surface area contributed by atoms with E-state index in [-0.39, 0.29) is 54.4 Å². The molecule has 2 aromatic rings. The van der Waals surface area contributed by atoms with E-state index in [0.29, 0.717) is 22.2 Å². The molecule has 7 heteroatoms. The molecule has 158 valence electrons. The van der Waals surface area contributed by atoms with Crippen LogP contribution in [0.25, 0.3) is 5.57 Å². The number of halogens is 2. The van der Waals surface area contributed by atoms with Crippen molar-refractivity contribution < 1.29 is 50.4 Å². The number of benzene rings is 2. The van der Waals surface area contributed by atoms with Gasteiger partial charge < -0.3 is 11.3 Å². The summed E-state index contributed by atoms with van der Waals surface area (Å²) in [4.78, 5) is 23.3. The van der Waals surface area contributed by atoms with E-state index >= 15 is 0 Å². The fourth-order valence-electron chi connectivity index (χ4n) is 4.74. The first kappa shape index (κ1) is 24.3. The molecule has 0 heterocycles. The quantitative estimate of drug-likeness (QED) is 0.659. The summed E-state index contributed by atoms with van der Waals surface area (Å²) < 4.78 is 5.94. The van der Waals surface area contributed by atoms with Crippen LogP contribution in [0.3, 0.4) is 0 Å². The smallest absolute Gasteiger partial charge is 1.00 e. The van der Waals surface area contributed by atoms with E-state index in [4.69, 9.17) is 33.0 Å². The van der Waals surface area contributed by atoms with Crippen molar-refractivity contribution in [3.05, 3.63) is 68.7 Å². The summed E-state index contributed by atoms with van der Waals surface area (Å²) in [5, 5.41) is 9.89. The Hall–Kier alpha value is -1.30. The largest absolute Gasteiger partial charge is 1.00 e.